The van der Waals surface area contributed by atoms with Crippen molar-refractivity contribution in [3.63, 3.8) is 0 Å². The van der Waals surface area contributed by atoms with Gasteiger partial charge in [-0.2, -0.15) is 16.1 Å². The largest absolute Gasteiger partial charge is 0.319 e. The molecule has 4 nitrogen and oxygen atoms in total. The van der Waals surface area contributed by atoms with Gasteiger partial charge in [-0.3, -0.25) is 0 Å². The lowest BCUT2D eigenvalue weighted by Gasteiger charge is -2.31. The third kappa shape index (κ3) is 3.12. The van der Waals surface area contributed by atoms with Gasteiger partial charge in [0.25, 0.3) is 0 Å². The maximum Gasteiger partial charge on any atom is 0.215 e. The first kappa shape index (κ1) is 12.3. The number of nitrogens with zero attached hydrogens (tertiary/aromatic N) is 1. The Bertz CT molecular complexity index is 267. The van der Waals surface area contributed by atoms with E-state index in [1.54, 1.807) is 11.4 Å². The normalized spacial score (nSPS) is 25.1. The summed E-state index contributed by atoms with van der Waals surface area (Å²) < 4.78 is 25.3. The van der Waals surface area contributed by atoms with Crippen LogP contribution in [0.2, 0.25) is 0 Å². The Balaban J connectivity index is 2.60. The molecule has 0 aromatic rings. The van der Waals surface area contributed by atoms with Gasteiger partial charge >= 0.3 is 0 Å². The molecule has 6 heteroatoms. The van der Waals surface area contributed by atoms with Gasteiger partial charge in [-0.15, -0.1) is 0 Å². The van der Waals surface area contributed by atoms with Crippen LogP contribution >= 0.6 is 11.8 Å². The Hall–Kier alpha value is 0.220. The van der Waals surface area contributed by atoms with Crippen LogP contribution in [-0.4, -0.2) is 56.2 Å². The molecule has 0 bridgehead atoms. The minimum absolute atomic E-state index is 0.149. The molecule has 1 unspecified atom stereocenters. The van der Waals surface area contributed by atoms with Gasteiger partial charge in [-0.1, -0.05) is 0 Å². The molecule has 0 saturated carbocycles. The van der Waals surface area contributed by atoms with Crippen molar-refractivity contribution in [2.75, 3.05) is 37.4 Å². The second-order valence-electron chi connectivity index (χ2n) is 3.45. The molecule has 0 aliphatic carbocycles. The highest BCUT2D eigenvalue weighted by molar-refractivity contribution is 7.99. The fraction of sp³-hybridized carbons (Fsp3) is 1.00. The summed E-state index contributed by atoms with van der Waals surface area (Å²) in [6, 6.07) is 0.149. The third-order valence-electron chi connectivity index (χ3n) is 2.27. The maximum absolute atomic E-state index is 11.8. The van der Waals surface area contributed by atoms with Gasteiger partial charge in [0.05, 0.1) is 5.75 Å². The summed E-state index contributed by atoms with van der Waals surface area (Å²) in [7, 11) is -1.27. The van der Waals surface area contributed by atoms with Crippen LogP contribution in [0.5, 0.6) is 0 Å². The molecule has 1 rings (SSSR count). The van der Waals surface area contributed by atoms with Crippen molar-refractivity contribution in [2.24, 2.45) is 0 Å². The van der Waals surface area contributed by atoms with E-state index < -0.39 is 10.0 Å². The van der Waals surface area contributed by atoms with E-state index in [1.165, 1.54) is 0 Å². The van der Waals surface area contributed by atoms with Gasteiger partial charge in [0.1, 0.15) is 0 Å². The number of thioether (sulfide) groups is 1. The van der Waals surface area contributed by atoms with Crippen LogP contribution in [0.4, 0.5) is 0 Å². The molecule has 14 heavy (non-hydrogen) atoms. The molecule has 0 spiro atoms. The molecule has 1 N–H and O–H groups in total. The quantitative estimate of drug-likeness (QED) is 0.747. The van der Waals surface area contributed by atoms with E-state index in [9.17, 15) is 8.42 Å². The van der Waals surface area contributed by atoms with E-state index in [0.717, 1.165) is 11.5 Å². The number of sulfonamides is 1. The number of nitrogens with one attached hydrogen (secondary N) is 1. The molecule has 0 radical (unpaired) electrons. The Kier molecular flexibility index (Phi) is 4.69. The van der Waals surface area contributed by atoms with Crippen molar-refractivity contribution in [3.05, 3.63) is 0 Å². The zero-order valence-corrected chi connectivity index (χ0v) is 10.3. The average molecular weight is 238 g/mol. The van der Waals surface area contributed by atoms with Crippen LogP contribution in [0, 0.1) is 0 Å². The lowest BCUT2D eigenvalue weighted by molar-refractivity contribution is 0.367. The first-order chi connectivity index (χ1) is 6.58. The van der Waals surface area contributed by atoms with Crippen LogP contribution in [0.25, 0.3) is 0 Å². The summed E-state index contributed by atoms with van der Waals surface area (Å²) in [5.41, 5.74) is 0. The minimum Gasteiger partial charge on any atom is -0.319 e. The molecule has 0 aromatic heterocycles. The Morgan fingerprint density at radius 1 is 1.57 bits per heavy atom. The molecular weight excluding hydrogens is 220 g/mol. The van der Waals surface area contributed by atoms with Crippen LogP contribution in [0.3, 0.4) is 0 Å². The van der Waals surface area contributed by atoms with Crippen molar-refractivity contribution >= 4 is 21.8 Å². The highest BCUT2D eigenvalue weighted by Gasteiger charge is 2.28. The number of hydrogen-bond donors (Lipinski definition) is 1. The van der Waals surface area contributed by atoms with E-state index in [4.69, 9.17) is 0 Å². The van der Waals surface area contributed by atoms with E-state index in [-0.39, 0.29) is 11.8 Å². The van der Waals surface area contributed by atoms with E-state index in [0.29, 0.717) is 13.1 Å². The van der Waals surface area contributed by atoms with Gasteiger partial charge in [0.15, 0.2) is 0 Å². The summed E-state index contributed by atoms with van der Waals surface area (Å²) in [4.78, 5) is 0. The third-order valence-corrected chi connectivity index (χ3v) is 5.44. The molecule has 84 valence electrons. The van der Waals surface area contributed by atoms with Gasteiger partial charge in [-0.25, -0.2) is 8.42 Å². The van der Waals surface area contributed by atoms with E-state index in [1.807, 2.05) is 18.7 Å². The Morgan fingerprint density at radius 3 is 2.86 bits per heavy atom. The van der Waals surface area contributed by atoms with Crippen molar-refractivity contribution in [2.45, 2.75) is 13.0 Å². The summed E-state index contributed by atoms with van der Waals surface area (Å²) in [5.74, 6) is 2.04. The average Bonchev–Trinajstić information content (AvgIpc) is 2.15. The van der Waals surface area contributed by atoms with Crippen molar-refractivity contribution in [1.82, 2.24) is 9.62 Å². The molecule has 0 amide bonds. The topological polar surface area (TPSA) is 49.4 Å². The molecule has 1 saturated heterocycles. The first-order valence-corrected chi connectivity index (χ1v) is 7.56. The zero-order chi connectivity index (χ0) is 10.6. The maximum atomic E-state index is 11.8. The van der Waals surface area contributed by atoms with Gasteiger partial charge in [-0.05, 0) is 14.0 Å². The van der Waals surface area contributed by atoms with Crippen molar-refractivity contribution in [3.8, 4) is 0 Å². The monoisotopic (exact) mass is 238 g/mol. The SMILES string of the molecule is CNCCS(=O)(=O)N1CCSCC1C. The van der Waals surface area contributed by atoms with Crippen LogP contribution in [0.1, 0.15) is 6.92 Å². The second-order valence-corrected chi connectivity index (χ2v) is 6.65. The van der Waals surface area contributed by atoms with Gasteiger partial charge in [0.2, 0.25) is 10.0 Å². The predicted octanol–water partition coefficient (Wildman–Crippen LogP) is -0.0271. The first-order valence-electron chi connectivity index (χ1n) is 4.80. The van der Waals surface area contributed by atoms with Crippen LogP contribution in [-0.2, 0) is 10.0 Å². The molecule has 1 heterocycles. The second kappa shape index (κ2) is 5.34. The Morgan fingerprint density at radius 2 is 2.29 bits per heavy atom. The van der Waals surface area contributed by atoms with Gasteiger partial charge in [0, 0.05) is 30.6 Å². The molecule has 1 fully saturated rings. The lowest BCUT2D eigenvalue weighted by atomic mass is 10.4. The predicted molar refractivity (Wildman–Crippen MR) is 61.2 cm³/mol. The highest BCUT2D eigenvalue weighted by Crippen LogP contribution is 2.19. The fourth-order valence-corrected chi connectivity index (χ4v) is 4.39. The standard InChI is InChI=1S/C8H18N2O2S2/c1-8-7-13-5-4-10(8)14(11,12)6-3-9-2/h8-9H,3-7H2,1-2H3. The highest BCUT2D eigenvalue weighted by atomic mass is 32.2. The summed E-state index contributed by atoms with van der Waals surface area (Å²) in [6.45, 7) is 3.17. The molecule has 1 aliphatic heterocycles. The van der Waals surface area contributed by atoms with Crippen LogP contribution in [0.15, 0.2) is 0 Å². The zero-order valence-electron chi connectivity index (χ0n) is 8.69. The molecular formula is C8H18N2O2S2. The van der Waals surface area contributed by atoms with Gasteiger partial charge < -0.3 is 5.32 Å². The summed E-state index contributed by atoms with van der Waals surface area (Å²) >= 11 is 1.82. The lowest BCUT2D eigenvalue weighted by Crippen LogP contribution is -2.46. The molecule has 0 aromatic carbocycles. The molecule has 1 aliphatic rings. The number of hydrogen-bond acceptors (Lipinski definition) is 4. The van der Waals surface area contributed by atoms with Crippen LogP contribution < -0.4 is 5.32 Å². The molecule has 1 atom stereocenters. The van der Waals surface area contributed by atoms with E-state index >= 15 is 0 Å². The fourth-order valence-electron chi connectivity index (χ4n) is 1.47. The van der Waals surface area contributed by atoms with Crippen molar-refractivity contribution < 1.29 is 8.42 Å². The smallest absolute Gasteiger partial charge is 0.215 e. The number of rotatable bonds is 4. The summed E-state index contributed by atoms with van der Waals surface area (Å²) in [5, 5.41) is 2.87. The Labute approximate surface area is 90.5 Å². The minimum atomic E-state index is -3.04. The van der Waals surface area contributed by atoms with Crippen molar-refractivity contribution in [1.29, 1.82) is 0 Å². The van der Waals surface area contributed by atoms with E-state index in [2.05, 4.69) is 5.32 Å². The summed E-state index contributed by atoms with van der Waals surface area (Å²) in [6.07, 6.45) is 0.